The third-order valence-corrected chi connectivity index (χ3v) is 4.74. The Kier molecular flexibility index (Phi) is 4.53. The molecule has 2 fully saturated rings. The lowest BCUT2D eigenvalue weighted by atomic mass is 9.87. The summed E-state index contributed by atoms with van der Waals surface area (Å²) in [5, 5.41) is 5.97. The average Bonchev–Trinajstić information content (AvgIpc) is 2.88. The summed E-state index contributed by atoms with van der Waals surface area (Å²) >= 11 is 0. The second kappa shape index (κ2) is 6.60. The molecule has 7 nitrogen and oxygen atoms in total. The fourth-order valence-electron chi connectivity index (χ4n) is 3.28. The van der Waals surface area contributed by atoms with Gasteiger partial charge in [-0.2, -0.15) is 0 Å². The number of amides is 4. The molecule has 2 N–H and O–H groups in total. The maximum atomic E-state index is 12.9. The van der Waals surface area contributed by atoms with E-state index in [1.165, 1.54) is 0 Å². The molecular weight excluding hydrogens is 308 g/mol. The van der Waals surface area contributed by atoms with Gasteiger partial charge in [0.2, 0.25) is 5.91 Å². The second-order valence-corrected chi connectivity index (χ2v) is 6.08. The van der Waals surface area contributed by atoms with Gasteiger partial charge in [0.1, 0.15) is 12.1 Å². The van der Waals surface area contributed by atoms with Gasteiger partial charge in [-0.05, 0) is 12.0 Å². The van der Waals surface area contributed by atoms with Gasteiger partial charge in [-0.25, -0.2) is 4.79 Å². The molecule has 1 aromatic rings. The van der Waals surface area contributed by atoms with E-state index in [0.29, 0.717) is 19.5 Å². The zero-order chi connectivity index (χ0) is 17.2. The van der Waals surface area contributed by atoms with Crippen molar-refractivity contribution >= 4 is 17.8 Å². The van der Waals surface area contributed by atoms with Crippen molar-refractivity contribution in [1.29, 1.82) is 0 Å². The van der Waals surface area contributed by atoms with Crippen LogP contribution in [0.25, 0.3) is 0 Å². The van der Waals surface area contributed by atoms with Crippen LogP contribution in [0.15, 0.2) is 30.3 Å². The largest absolute Gasteiger partial charge is 0.339 e. The number of rotatable bonds is 4. The number of piperazine rings is 1. The number of benzene rings is 1. The van der Waals surface area contributed by atoms with Crippen molar-refractivity contribution in [2.24, 2.45) is 0 Å². The van der Waals surface area contributed by atoms with Crippen LogP contribution >= 0.6 is 0 Å². The van der Waals surface area contributed by atoms with E-state index in [2.05, 4.69) is 10.6 Å². The molecule has 0 radical (unpaired) electrons. The highest BCUT2D eigenvalue weighted by Gasteiger charge is 2.51. The highest BCUT2D eigenvalue weighted by molar-refractivity contribution is 6.09. The summed E-state index contributed by atoms with van der Waals surface area (Å²) < 4.78 is 0. The maximum absolute atomic E-state index is 12.9. The molecule has 0 saturated carbocycles. The van der Waals surface area contributed by atoms with Crippen molar-refractivity contribution in [2.45, 2.75) is 18.9 Å². The van der Waals surface area contributed by atoms with E-state index in [1.807, 2.05) is 37.3 Å². The topological polar surface area (TPSA) is 81.8 Å². The van der Waals surface area contributed by atoms with E-state index in [4.69, 9.17) is 0 Å². The van der Waals surface area contributed by atoms with Crippen LogP contribution < -0.4 is 10.6 Å². The molecule has 1 unspecified atom stereocenters. The van der Waals surface area contributed by atoms with Crippen molar-refractivity contribution in [1.82, 2.24) is 20.4 Å². The van der Waals surface area contributed by atoms with E-state index in [9.17, 15) is 14.4 Å². The number of imide groups is 1. The number of hydrogen-bond donors (Lipinski definition) is 2. The minimum atomic E-state index is -1.08. The Morgan fingerprint density at radius 1 is 1.17 bits per heavy atom. The van der Waals surface area contributed by atoms with Crippen LogP contribution in [-0.4, -0.2) is 60.4 Å². The van der Waals surface area contributed by atoms with Crippen molar-refractivity contribution in [3.63, 3.8) is 0 Å². The average molecular weight is 330 g/mol. The van der Waals surface area contributed by atoms with Gasteiger partial charge < -0.3 is 15.5 Å². The van der Waals surface area contributed by atoms with Crippen molar-refractivity contribution < 1.29 is 14.4 Å². The Hall–Kier alpha value is -2.41. The van der Waals surface area contributed by atoms with E-state index in [0.717, 1.165) is 23.6 Å². The molecule has 24 heavy (non-hydrogen) atoms. The minimum Gasteiger partial charge on any atom is -0.339 e. The van der Waals surface area contributed by atoms with Crippen molar-refractivity contribution in [3.05, 3.63) is 35.9 Å². The van der Waals surface area contributed by atoms with Gasteiger partial charge in [0, 0.05) is 26.2 Å². The zero-order valence-electron chi connectivity index (χ0n) is 13.7. The number of hydrogen-bond acceptors (Lipinski definition) is 4. The van der Waals surface area contributed by atoms with Gasteiger partial charge in [-0.3, -0.25) is 14.5 Å². The van der Waals surface area contributed by atoms with Crippen LogP contribution in [0.5, 0.6) is 0 Å². The lowest BCUT2D eigenvalue weighted by molar-refractivity contribution is -0.139. The molecule has 4 amide bonds. The van der Waals surface area contributed by atoms with Crippen LogP contribution in [0.1, 0.15) is 18.9 Å². The second-order valence-electron chi connectivity index (χ2n) is 6.08. The standard InChI is InChI=1S/C17H22N4O3/c1-2-17(13-6-4-3-5-7-13)15(23)21(16(24)19-17)12-14(22)20-10-8-18-9-11-20/h3-7,18H,2,8-12H2,1H3,(H,19,24). The van der Waals surface area contributed by atoms with Crippen LogP contribution in [0, 0.1) is 0 Å². The van der Waals surface area contributed by atoms with Crippen LogP contribution in [0.4, 0.5) is 4.79 Å². The monoisotopic (exact) mass is 330 g/mol. The number of nitrogens with one attached hydrogen (secondary N) is 2. The molecule has 0 bridgehead atoms. The van der Waals surface area contributed by atoms with Gasteiger partial charge in [0.15, 0.2) is 0 Å². The molecule has 2 aliphatic heterocycles. The first kappa shape index (κ1) is 16.4. The Morgan fingerprint density at radius 2 is 1.83 bits per heavy atom. The molecule has 2 aliphatic rings. The normalized spacial score (nSPS) is 24.2. The van der Waals surface area contributed by atoms with Gasteiger partial charge in [0.05, 0.1) is 0 Å². The van der Waals surface area contributed by atoms with E-state index >= 15 is 0 Å². The molecule has 2 saturated heterocycles. The molecule has 1 atom stereocenters. The van der Waals surface area contributed by atoms with E-state index in [-0.39, 0.29) is 18.4 Å². The maximum Gasteiger partial charge on any atom is 0.325 e. The molecule has 7 heteroatoms. The van der Waals surface area contributed by atoms with E-state index in [1.54, 1.807) is 4.90 Å². The Labute approximate surface area is 141 Å². The molecule has 0 spiro atoms. The molecular formula is C17H22N4O3. The van der Waals surface area contributed by atoms with E-state index < -0.39 is 11.6 Å². The van der Waals surface area contributed by atoms with Gasteiger partial charge in [-0.1, -0.05) is 37.3 Å². The highest BCUT2D eigenvalue weighted by Crippen LogP contribution is 2.32. The summed E-state index contributed by atoms with van der Waals surface area (Å²) in [6.45, 7) is 4.30. The van der Waals surface area contributed by atoms with Gasteiger partial charge in [0.25, 0.3) is 5.91 Å². The smallest absolute Gasteiger partial charge is 0.325 e. The quantitative estimate of drug-likeness (QED) is 0.777. The first-order chi connectivity index (χ1) is 11.6. The van der Waals surface area contributed by atoms with Crippen LogP contribution in [0.2, 0.25) is 0 Å². The Balaban J connectivity index is 1.79. The zero-order valence-corrected chi connectivity index (χ0v) is 13.7. The summed E-state index contributed by atoms with van der Waals surface area (Å²) in [6, 6.07) is 8.67. The lowest BCUT2D eigenvalue weighted by Gasteiger charge is -2.29. The number of urea groups is 1. The third-order valence-electron chi connectivity index (χ3n) is 4.74. The Morgan fingerprint density at radius 3 is 2.46 bits per heavy atom. The molecule has 128 valence electrons. The summed E-state index contributed by atoms with van der Waals surface area (Å²) in [6.07, 6.45) is 0.430. The number of carbonyl (C=O) groups excluding carboxylic acids is 3. The third kappa shape index (κ3) is 2.75. The van der Waals surface area contributed by atoms with Gasteiger partial charge in [-0.15, -0.1) is 0 Å². The Bertz CT molecular complexity index is 642. The van der Waals surface area contributed by atoms with Crippen molar-refractivity contribution in [2.75, 3.05) is 32.7 Å². The highest BCUT2D eigenvalue weighted by atomic mass is 16.2. The fourth-order valence-corrected chi connectivity index (χ4v) is 3.28. The number of nitrogens with zero attached hydrogens (tertiary/aromatic N) is 2. The SMILES string of the molecule is CCC1(c2ccccc2)NC(=O)N(CC(=O)N2CCNCC2)C1=O. The summed E-state index contributed by atoms with van der Waals surface area (Å²) in [4.78, 5) is 40.4. The van der Waals surface area contributed by atoms with Gasteiger partial charge >= 0.3 is 6.03 Å². The van der Waals surface area contributed by atoms with Crippen molar-refractivity contribution in [3.8, 4) is 0 Å². The molecule has 3 rings (SSSR count). The minimum absolute atomic E-state index is 0.194. The lowest BCUT2D eigenvalue weighted by Crippen LogP contribution is -2.50. The van der Waals surface area contributed by atoms with Crippen LogP contribution in [0.3, 0.4) is 0 Å². The predicted octanol–water partition coefficient (Wildman–Crippen LogP) is 0.276. The first-order valence-electron chi connectivity index (χ1n) is 8.26. The molecule has 2 heterocycles. The summed E-state index contributed by atoms with van der Waals surface area (Å²) in [7, 11) is 0. The molecule has 0 aliphatic carbocycles. The molecule has 0 aromatic heterocycles. The number of carbonyl (C=O) groups is 3. The van der Waals surface area contributed by atoms with Crippen LogP contribution in [-0.2, 0) is 15.1 Å². The first-order valence-corrected chi connectivity index (χ1v) is 8.26. The summed E-state index contributed by atoms with van der Waals surface area (Å²) in [5.41, 5.74) is -0.342. The summed E-state index contributed by atoms with van der Waals surface area (Å²) in [5.74, 6) is -0.551. The predicted molar refractivity (Wildman–Crippen MR) is 88.1 cm³/mol. The molecule has 1 aromatic carbocycles. The fraction of sp³-hybridized carbons (Fsp3) is 0.471.